The fraction of sp³-hybridized carbons (Fsp3) is 0.435. The van der Waals surface area contributed by atoms with E-state index in [0.717, 1.165) is 11.6 Å². The summed E-state index contributed by atoms with van der Waals surface area (Å²) in [4.78, 5) is 11.8. The Labute approximate surface area is 154 Å². The number of hydrogen-bond acceptors (Lipinski definition) is 2. The molecule has 2 aromatic carbocycles. The second-order valence-corrected chi connectivity index (χ2v) is 8.49. The van der Waals surface area contributed by atoms with Crippen LogP contribution < -0.4 is 5.32 Å². The van der Waals surface area contributed by atoms with Gasteiger partial charge in [0.2, 0.25) is 0 Å². The molecule has 3 nitrogen and oxygen atoms in total. The number of aryl methyl sites for hydroxylation is 2. The van der Waals surface area contributed by atoms with Gasteiger partial charge in [-0.25, -0.2) is 4.79 Å². The lowest BCUT2D eigenvalue weighted by atomic mass is 9.67. The van der Waals surface area contributed by atoms with Crippen LogP contribution >= 0.6 is 0 Å². The Morgan fingerprint density at radius 3 is 2.69 bits per heavy atom. The van der Waals surface area contributed by atoms with Crippen LogP contribution in [0.5, 0.6) is 0 Å². The molecule has 0 unspecified atom stereocenters. The molecule has 3 aliphatic rings. The Bertz CT molecular complexity index is 903. The third-order valence-corrected chi connectivity index (χ3v) is 7.12. The minimum atomic E-state index is -0.837. The zero-order valence-corrected chi connectivity index (χ0v) is 15.3. The van der Waals surface area contributed by atoms with Gasteiger partial charge < -0.3 is 10.4 Å². The van der Waals surface area contributed by atoms with Crippen molar-refractivity contribution in [2.45, 2.75) is 45.1 Å². The highest BCUT2D eigenvalue weighted by molar-refractivity contribution is 5.95. The van der Waals surface area contributed by atoms with Crippen LogP contribution in [-0.2, 0) is 0 Å². The van der Waals surface area contributed by atoms with Crippen molar-refractivity contribution in [2.24, 2.45) is 17.8 Å². The maximum atomic E-state index is 11.8. The van der Waals surface area contributed by atoms with Crippen molar-refractivity contribution in [3.8, 4) is 0 Å². The molecule has 26 heavy (non-hydrogen) atoms. The first kappa shape index (κ1) is 15.9. The van der Waals surface area contributed by atoms with Crippen LogP contribution in [0.2, 0.25) is 0 Å². The number of rotatable bonds is 2. The van der Waals surface area contributed by atoms with Crippen molar-refractivity contribution in [3.05, 3.63) is 64.2 Å². The molecule has 1 aliphatic heterocycles. The van der Waals surface area contributed by atoms with Crippen LogP contribution in [0.15, 0.2) is 36.4 Å². The summed E-state index contributed by atoms with van der Waals surface area (Å²) in [6.07, 6.45) is 3.92. The zero-order valence-electron chi connectivity index (χ0n) is 15.3. The summed E-state index contributed by atoms with van der Waals surface area (Å²) >= 11 is 0. The molecule has 2 bridgehead atoms. The lowest BCUT2D eigenvalue weighted by Crippen LogP contribution is -2.36. The van der Waals surface area contributed by atoms with Crippen molar-refractivity contribution >= 4 is 11.7 Å². The molecular formula is C23H25NO2. The van der Waals surface area contributed by atoms with Gasteiger partial charge in [-0.1, -0.05) is 35.9 Å². The molecule has 0 radical (unpaired) electrons. The van der Waals surface area contributed by atoms with Gasteiger partial charge in [0.25, 0.3) is 0 Å². The maximum Gasteiger partial charge on any atom is 0.337 e. The van der Waals surface area contributed by atoms with Crippen LogP contribution in [0.3, 0.4) is 0 Å². The van der Waals surface area contributed by atoms with Crippen LogP contribution in [0, 0.1) is 31.6 Å². The number of carbonyl (C=O) groups is 1. The molecule has 0 amide bonds. The molecule has 3 heteroatoms. The summed E-state index contributed by atoms with van der Waals surface area (Å²) in [5, 5.41) is 13.4. The third-order valence-electron chi connectivity index (χ3n) is 7.12. The van der Waals surface area contributed by atoms with E-state index >= 15 is 0 Å². The predicted molar refractivity (Wildman–Crippen MR) is 103 cm³/mol. The summed E-state index contributed by atoms with van der Waals surface area (Å²) in [6, 6.07) is 12.7. The van der Waals surface area contributed by atoms with Gasteiger partial charge in [-0.3, -0.25) is 0 Å². The Balaban J connectivity index is 1.70. The minimum absolute atomic E-state index is 0.211. The van der Waals surface area contributed by atoms with Crippen molar-refractivity contribution in [1.82, 2.24) is 0 Å². The average molecular weight is 347 g/mol. The van der Waals surface area contributed by atoms with Gasteiger partial charge in [-0.2, -0.15) is 0 Å². The van der Waals surface area contributed by atoms with E-state index in [1.165, 1.54) is 41.5 Å². The molecular weight excluding hydrogens is 322 g/mol. The predicted octanol–water partition coefficient (Wildman–Crippen LogP) is 5.30. The smallest absolute Gasteiger partial charge is 0.337 e. The highest BCUT2D eigenvalue weighted by Crippen LogP contribution is 2.64. The maximum absolute atomic E-state index is 11.8. The molecule has 0 saturated heterocycles. The first-order valence-corrected chi connectivity index (χ1v) is 9.74. The van der Waals surface area contributed by atoms with E-state index in [4.69, 9.17) is 0 Å². The first-order chi connectivity index (χ1) is 12.5. The normalized spacial score (nSPS) is 31.2. The van der Waals surface area contributed by atoms with Gasteiger partial charge in [0.1, 0.15) is 0 Å². The van der Waals surface area contributed by atoms with E-state index in [1.807, 2.05) is 6.07 Å². The zero-order chi connectivity index (χ0) is 18.0. The van der Waals surface area contributed by atoms with Crippen LogP contribution in [0.4, 0.5) is 5.69 Å². The lowest BCUT2D eigenvalue weighted by Gasteiger charge is -2.44. The fourth-order valence-corrected chi connectivity index (χ4v) is 6.10. The highest BCUT2D eigenvalue weighted by Gasteiger charge is 2.54. The van der Waals surface area contributed by atoms with Crippen molar-refractivity contribution < 1.29 is 9.90 Å². The van der Waals surface area contributed by atoms with Crippen molar-refractivity contribution in [1.29, 1.82) is 0 Å². The summed E-state index contributed by atoms with van der Waals surface area (Å²) in [6.45, 7) is 4.32. The quantitative estimate of drug-likeness (QED) is 0.775. The molecule has 5 atom stereocenters. The van der Waals surface area contributed by atoms with Crippen LogP contribution in [0.1, 0.15) is 63.8 Å². The number of benzene rings is 2. The lowest BCUT2D eigenvalue weighted by molar-refractivity contribution is 0.0697. The first-order valence-electron chi connectivity index (χ1n) is 9.74. The van der Waals surface area contributed by atoms with E-state index in [1.54, 1.807) is 6.07 Å². The summed E-state index contributed by atoms with van der Waals surface area (Å²) in [5.74, 6) is 1.70. The Kier molecular flexibility index (Phi) is 3.43. The van der Waals surface area contributed by atoms with Gasteiger partial charge in [0.15, 0.2) is 0 Å². The SMILES string of the molecule is Cc1ccc(C)c([C@H]2Nc3c(C(=O)O)cccc3[C@H]3[C@H]4CC[C@@H](C4)[C@H]32)c1. The molecule has 2 aliphatic carbocycles. The molecule has 0 aromatic heterocycles. The molecule has 1 heterocycles. The number of hydrogen-bond donors (Lipinski definition) is 2. The monoisotopic (exact) mass is 347 g/mol. The van der Waals surface area contributed by atoms with Crippen LogP contribution in [-0.4, -0.2) is 11.1 Å². The standard InChI is InChI=1S/C23H25NO2/c1-12-6-7-13(2)18(10-12)22-20-15-9-8-14(11-15)19(20)16-4-3-5-17(23(25)26)21(16)24-22/h3-7,10,14-15,19-20,22,24H,8-9,11H2,1-2H3,(H,25,26)/t14-,15-,19+,20+,22+/m0/s1. The van der Waals surface area contributed by atoms with Gasteiger partial charge in [-0.15, -0.1) is 0 Å². The fourth-order valence-electron chi connectivity index (χ4n) is 6.10. The van der Waals surface area contributed by atoms with Gasteiger partial charge in [0, 0.05) is 0 Å². The Hall–Kier alpha value is -2.29. The summed E-state index contributed by atoms with van der Waals surface area (Å²) in [5.41, 5.74) is 6.43. The molecule has 2 aromatic rings. The summed E-state index contributed by atoms with van der Waals surface area (Å²) < 4.78 is 0. The second-order valence-electron chi connectivity index (χ2n) is 8.49. The summed E-state index contributed by atoms with van der Waals surface area (Å²) in [7, 11) is 0. The van der Waals surface area contributed by atoms with E-state index < -0.39 is 5.97 Å². The molecule has 134 valence electrons. The highest BCUT2D eigenvalue weighted by atomic mass is 16.4. The molecule has 2 saturated carbocycles. The molecule has 0 spiro atoms. The number of fused-ring (bicyclic) bond motifs is 7. The second kappa shape index (κ2) is 5.60. The van der Waals surface area contributed by atoms with Crippen LogP contribution in [0.25, 0.3) is 0 Å². The third kappa shape index (κ3) is 2.16. The minimum Gasteiger partial charge on any atom is -0.478 e. The van der Waals surface area contributed by atoms with Crippen molar-refractivity contribution in [2.75, 3.05) is 5.32 Å². The van der Waals surface area contributed by atoms with E-state index in [9.17, 15) is 9.90 Å². The Morgan fingerprint density at radius 2 is 1.88 bits per heavy atom. The van der Waals surface area contributed by atoms with E-state index in [2.05, 4.69) is 43.4 Å². The molecule has 2 fully saturated rings. The number of anilines is 1. The van der Waals surface area contributed by atoms with E-state index in [0.29, 0.717) is 23.3 Å². The Morgan fingerprint density at radius 1 is 1.08 bits per heavy atom. The number of carboxylic acid groups (broad SMARTS) is 1. The number of nitrogens with one attached hydrogen (secondary N) is 1. The molecule has 5 rings (SSSR count). The topological polar surface area (TPSA) is 49.3 Å². The van der Waals surface area contributed by atoms with E-state index in [-0.39, 0.29) is 6.04 Å². The largest absolute Gasteiger partial charge is 0.478 e. The number of carboxylic acids is 1. The number of aromatic carboxylic acids is 1. The van der Waals surface area contributed by atoms with Crippen molar-refractivity contribution in [3.63, 3.8) is 0 Å². The number of para-hydroxylation sites is 1. The van der Waals surface area contributed by atoms with Gasteiger partial charge in [0.05, 0.1) is 17.3 Å². The average Bonchev–Trinajstić information content (AvgIpc) is 3.25. The molecule has 2 N–H and O–H groups in total. The van der Waals surface area contributed by atoms with Gasteiger partial charge >= 0.3 is 5.97 Å². The van der Waals surface area contributed by atoms with Gasteiger partial charge in [-0.05, 0) is 79.5 Å².